The Kier molecular flexibility index (Phi) is 24.8. The second kappa shape index (κ2) is 28.4. The Morgan fingerprint density at radius 2 is 0.581 bits per heavy atom. The molecule has 8 nitrogen and oxygen atoms in total. The Morgan fingerprint density at radius 1 is 0.312 bits per heavy atom. The van der Waals surface area contributed by atoms with Crippen LogP contribution in [-0.2, 0) is 60.6 Å². The molecule has 0 aliphatic heterocycles. The molecule has 0 atom stereocenters. The van der Waals surface area contributed by atoms with E-state index in [2.05, 4.69) is 297 Å². The Morgan fingerprint density at radius 3 is 0.860 bits per heavy atom. The molecule has 0 fully saturated rings. The minimum atomic E-state index is -2.62. The van der Waals surface area contributed by atoms with Crippen molar-refractivity contribution < 1.29 is 39.2 Å². The van der Waals surface area contributed by atoms with Crippen molar-refractivity contribution in [2.75, 3.05) is 0 Å². The van der Waals surface area contributed by atoms with Gasteiger partial charge in [0.15, 0.2) is 0 Å². The topological polar surface area (TPSA) is 151 Å². The highest BCUT2D eigenvalue weighted by Crippen LogP contribution is 2.61. The van der Waals surface area contributed by atoms with Crippen LogP contribution in [0.25, 0.3) is 22.3 Å². The van der Waals surface area contributed by atoms with Gasteiger partial charge in [-0.25, -0.2) is 0 Å². The first kappa shape index (κ1) is 81.3. The third kappa shape index (κ3) is 20.0. The van der Waals surface area contributed by atoms with E-state index in [1.54, 1.807) is 0 Å². The summed E-state index contributed by atoms with van der Waals surface area (Å²) in [4.78, 5) is 45.8. The zero-order valence-corrected chi connectivity index (χ0v) is 66.9. The van der Waals surface area contributed by atoms with Crippen molar-refractivity contribution in [3.05, 3.63) is 155 Å². The molecule has 0 heterocycles. The molecule has 0 spiro atoms. The lowest BCUT2D eigenvalue weighted by Gasteiger charge is -2.40. The summed E-state index contributed by atoms with van der Waals surface area (Å²) in [6.07, 6.45) is 0.642. The molecule has 0 aromatic heterocycles. The van der Waals surface area contributed by atoms with Crippen molar-refractivity contribution in [1.29, 1.82) is 0 Å². The Labute approximate surface area is 572 Å². The first-order chi connectivity index (χ1) is 41.4. The molecule has 6 aromatic rings. The molecular formula is C82H124O8P2S. The van der Waals surface area contributed by atoms with E-state index < -0.39 is 22.6 Å². The minimum Gasteiger partial charge on any atom is -0.508 e. The van der Waals surface area contributed by atoms with Gasteiger partial charge >= 0.3 is 17.2 Å². The number of phenols is 1. The van der Waals surface area contributed by atoms with Crippen LogP contribution in [0.15, 0.2) is 70.5 Å². The predicted octanol–water partition coefficient (Wildman–Crippen LogP) is 23.2. The molecule has 6 rings (SSSR count). The molecule has 0 aliphatic rings. The van der Waals surface area contributed by atoms with Gasteiger partial charge in [-0.15, -0.1) is 0 Å². The van der Waals surface area contributed by atoms with Gasteiger partial charge in [-0.05, 0) is 169 Å². The van der Waals surface area contributed by atoms with Gasteiger partial charge < -0.3 is 39.2 Å². The molecule has 0 radical (unpaired) electrons. The number of phenolic OH excluding ortho intramolecular Hbond substituents is 1. The largest absolute Gasteiger partial charge is 0.508 e. The summed E-state index contributed by atoms with van der Waals surface area (Å²) in [6.45, 7) is 83.1. The van der Waals surface area contributed by atoms with E-state index in [0.717, 1.165) is 27.5 Å². The summed E-state index contributed by atoms with van der Waals surface area (Å²) in [7, 11) is -5.24. The van der Waals surface area contributed by atoms with Crippen molar-refractivity contribution in [1.82, 2.24) is 0 Å². The second-order valence-corrected chi connectivity index (χ2v) is 38.9. The molecule has 0 amide bonds. The highest BCUT2D eigenvalue weighted by molar-refractivity contribution is 7.99. The van der Waals surface area contributed by atoms with Gasteiger partial charge in [-0.3, -0.25) is 0 Å². The Balaban J connectivity index is 0.00000217. The van der Waals surface area contributed by atoms with E-state index in [1.807, 2.05) is 17.8 Å². The van der Waals surface area contributed by atoms with Crippen molar-refractivity contribution in [3.8, 4) is 39.5 Å². The fourth-order valence-electron chi connectivity index (χ4n) is 12.9. The SMILES string of the molecule is Cc1cc(C(C)(C)C)c(Cc2c(Sc3cc(C(C)(C)C)c(O)cc3C)c(-c3c(C(C)(C)C)cc(C)cc3C(C)(C)C)c(C(C)(C)C)c(Oc3c(C(C)(C)C)cc(C)cc3C(C)(C)C)c2-c2c(C(C)(C)C)cc(C)cc2C(C)(C)C)c(C(C)(C)C)c1.OP(O)O.OP(O)O. The van der Waals surface area contributed by atoms with E-state index in [9.17, 15) is 5.11 Å². The van der Waals surface area contributed by atoms with Crippen LogP contribution in [0.4, 0.5) is 0 Å². The van der Waals surface area contributed by atoms with Crippen LogP contribution in [0, 0.1) is 34.6 Å². The predicted molar refractivity (Wildman–Crippen MR) is 403 cm³/mol. The second-order valence-electron chi connectivity index (χ2n) is 36.8. The molecule has 0 saturated carbocycles. The number of rotatable bonds is 8. The van der Waals surface area contributed by atoms with E-state index in [0.29, 0.717) is 12.2 Å². The van der Waals surface area contributed by atoms with E-state index >= 15 is 0 Å². The number of ether oxygens (including phenoxy) is 1. The van der Waals surface area contributed by atoms with Crippen LogP contribution in [0.2, 0.25) is 0 Å². The number of hydrogen-bond acceptors (Lipinski definition) is 9. The zero-order valence-electron chi connectivity index (χ0n) is 64.3. The van der Waals surface area contributed by atoms with E-state index in [-0.39, 0.29) is 48.7 Å². The highest BCUT2D eigenvalue weighted by Gasteiger charge is 2.43. The standard InChI is InChI=1S/C82H118O2S.2H3O3P/c1-47-36-54(73(6,7)8)52(55(37-47)74(9,10)11)45-53-65(66-57(76(15,16)17)38-48(2)39-58(66)77(18,19)20)71(84-70-61(80(27,28)29)42-50(4)43-62(70)81(30,31)32)69(82(33,34)35)68(67-59(78(21,22)23)40-49(3)41-60(67)79(24,25)26)72(53)85-64-46-56(75(12,13)14)63(83)44-51(64)5;2*1-4(2)3/h36-44,46,83H,45H2,1-35H3;2*1-3H. The number of benzene rings is 6. The lowest BCUT2D eigenvalue weighted by Crippen LogP contribution is -2.26. The summed E-state index contributed by atoms with van der Waals surface area (Å²) in [5, 5.41) is 12.0. The lowest BCUT2D eigenvalue weighted by atomic mass is 9.67. The molecule has 7 N–H and O–H groups in total. The normalized spacial score (nSPS) is 13.3. The monoisotopic (exact) mass is 1330 g/mol. The van der Waals surface area contributed by atoms with Crippen LogP contribution in [0.1, 0.15) is 302 Å². The molecule has 0 bridgehead atoms. The van der Waals surface area contributed by atoms with Crippen molar-refractivity contribution in [2.45, 2.75) is 313 Å². The molecule has 0 aliphatic carbocycles. The van der Waals surface area contributed by atoms with Crippen LogP contribution in [0.5, 0.6) is 17.2 Å². The van der Waals surface area contributed by atoms with Gasteiger partial charge in [0, 0.05) is 43.2 Å². The molecule has 93 heavy (non-hydrogen) atoms. The summed E-state index contributed by atoms with van der Waals surface area (Å²) in [5.41, 5.74) is 23.4. The van der Waals surface area contributed by atoms with Crippen LogP contribution >= 0.6 is 29.0 Å². The van der Waals surface area contributed by atoms with Gasteiger partial charge in [-0.1, -0.05) is 290 Å². The Hall–Kier alpha value is -4.11. The van der Waals surface area contributed by atoms with Crippen molar-refractivity contribution in [2.24, 2.45) is 0 Å². The van der Waals surface area contributed by atoms with Gasteiger partial charge in [0.05, 0.1) is 0 Å². The molecule has 11 heteroatoms. The highest BCUT2D eigenvalue weighted by atomic mass is 32.2. The fraction of sp³-hybridized carbons (Fsp3) is 0.561. The molecular weight excluding hydrogens is 1210 g/mol. The first-order valence-electron chi connectivity index (χ1n) is 33.2. The van der Waals surface area contributed by atoms with Gasteiger partial charge in [0.2, 0.25) is 0 Å². The van der Waals surface area contributed by atoms with Crippen LogP contribution in [0.3, 0.4) is 0 Å². The van der Waals surface area contributed by atoms with Gasteiger partial charge in [-0.2, -0.15) is 0 Å². The maximum Gasteiger partial charge on any atom is 0.324 e. The van der Waals surface area contributed by atoms with Crippen molar-refractivity contribution in [3.63, 3.8) is 0 Å². The number of hydrogen-bond donors (Lipinski definition) is 7. The average Bonchev–Trinajstić information content (AvgIpc) is 0.702. The van der Waals surface area contributed by atoms with E-state index in [1.165, 1.54) is 111 Å². The van der Waals surface area contributed by atoms with Crippen LogP contribution < -0.4 is 4.74 Å². The summed E-state index contributed by atoms with van der Waals surface area (Å²) >= 11 is 1.93. The first-order valence-corrected chi connectivity index (χ1v) is 36.4. The van der Waals surface area contributed by atoms with Crippen LogP contribution in [-0.4, -0.2) is 34.5 Å². The third-order valence-electron chi connectivity index (χ3n) is 17.3. The average molecular weight is 1330 g/mol. The summed E-state index contributed by atoms with van der Waals surface area (Å²) in [5.74, 6) is 2.24. The number of aromatic hydroxyl groups is 1. The molecule has 6 aromatic carbocycles. The molecule has 516 valence electrons. The minimum absolute atomic E-state index is 0.199. The van der Waals surface area contributed by atoms with Crippen molar-refractivity contribution >= 4 is 29.0 Å². The molecule has 0 saturated heterocycles. The van der Waals surface area contributed by atoms with Gasteiger partial charge in [0.25, 0.3) is 0 Å². The quantitative estimate of drug-likeness (QED) is 0.0739. The Bertz CT molecular complexity index is 3510. The van der Waals surface area contributed by atoms with Gasteiger partial charge in [0.1, 0.15) is 17.2 Å². The number of aryl methyl sites for hydroxylation is 5. The van der Waals surface area contributed by atoms with E-state index in [4.69, 9.17) is 34.1 Å². The third-order valence-corrected chi connectivity index (χ3v) is 18.6. The fourth-order valence-corrected chi connectivity index (χ4v) is 14.2. The zero-order chi connectivity index (χ0) is 72.4. The maximum absolute atomic E-state index is 12.0. The maximum atomic E-state index is 12.0. The summed E-state index contributed by atoms with van der Waals surface area (Å²) < 4.78 is 8.75. The summed E-state index contributed by atoms with van der Waals surface area (Å²) in [6, 6.07) is 24.2. The lowest BCUT2D eigenvalue weighted by molar-refractivity contribution is 0.366. The molecule has 0 unspecified atom stereocenters. The smallest absolute Gasteiger partial charge is 0.324 e.